The molecule has 1 nitrogen and oxygen atoms in total. The van der Waals surface area contributed by atoms with Gasteiger partial charge in [0.15, 0.2) is 0 Å². The van der Waals surface area contributed by atoms with E-state index < -0.39 is 0 Å². The summed E-state index contributed by atoms with van der Waals surface area (Å²) < 4.78 is 0. The summed E-state index contributed by atoms with van der Waals surface area (Å²) in [6.07, 6.45) is 18.4. The van der Waals surface area contributed by atoms with Crippen molar-refractivity contribution in [2.45, 2.75) is 58.3 Å². The maximum atomic E-state index is 11.0. The molecule has 0 saturated carbocycles. The first-order valence-corrected chi connectivity index (χ1v) is 12.1. The van der Waals surface area contributed by atoms with Gasteiger partial charge in [-0.25, -0.2) is 0 Å². The second-order valence-corrected chi connectivity index (χ2v) is 8.48. The zero-order valence-corrected chi connectivity index (χ0v) is 19.3. The van der Waals surface area contributed by atoms with Crippen LogP contribution in [0.5, 0.6) is 5.75 Å². The average Bonchev–Trinajstić information content (AvgIpc) is 2.84. The van der Waals surface area contributed by atoms with Gasteiger partial charge in [0.1, 0.15) is 5.75 Å². The third-order valence-electron chi connectivity index (χ3n) is 5.81. The van der Waals surface area contributed by atoms with Gasteiger partial charge in [-0.1, -0.05) is 130 Å². The van der Waals surface area contributed by atoms with Crippen molar-refractivity contribution in [3.63, 3.8) is 0 Å². The fraction of sp³-hybridized carbons (Fsp3) is 0.290. The quantitative estimate of drug-likeness (QED) is 0.227. The minimum absolute atomic E-state index is 0.340. The lowest BCUT2D eigenvalue weighted by Crippen LogP contribution is -1.91. The summed E-state index contributed by atoms with van der Waals surface area (Å²) in [7, 11) is 0. The Labute approximate surface area is 194 Å². The highest BCUT2D eigenvalue weighted by Crippen LogP contribution is 2.29. The lowest BCUT2D eigenvalue weighted by molar-refractivity contribution is 0.472. The molecule has 0 unspecified atom stereocenters. The van der Waals surface area contributed by atoms with Crippen molar-refractivity contribution in [1.29, 1.82) is 0 Å². The van der Waals surface area contributed by atoms with E-state index in [-0.39, 0.29) is 0 Å². The summed E-state index contributed by atoms with van der Waals surface area (Å²) in [5, 5.41) is 11.0. The number of hydrogen-bond donors (Lipinski definition) is 1. The molecule has 0 bridgehead atoms. The molecule has 32 heavy (non-hydrogen) atoms. The number of phenols is 1. The number of rotatable bonds is 12. The molecule has 3 rings (SSSR count). The van der Waals surface area contributed by atoms with Gasteiger partial charge in [0.05, 0.1) is 0 Å². The highest BCUT2D eigenvalue weighted by atomic mass is 16.3. The largest absolute Gasteiger partial charge is 0.507 e. The van der Waals surface area contributed by atoms with E-state index in [2.05, 4.69) is 55.5 Å². The summed E-state index contributed by atoms with van der Waals surface area (Å²) in [6, 6.07) is 24.8. The Morgan fingerprint density at radius 3 is 1.56 bits per heavy atom. The van der Waals surface area contributed by atoms with Crippen LogP contribution < -0.4 is 0 Å². The molecule has 0 aliphatic carbocycles. The van der Waals surface area contributed by atoms with E-state index in [1.54, 1.807) is 0 Å². The average molecular weight is 425 g/mol. The zero-order valence-electron chi connectivity index (χ0n) is 19.3. The number of aromatic hydroxyl groups is 1. The molecule has 0 spiro atoms. The van der Waals surface area contributed by atoms with Gasteiger partial charge in [-0.15, -0.1) is 0 Å². The summed E-state index contributed by atoms with van der Waals surface area (Å²) in [5.41, 5.74) is 5.30. The van der Waals surface area contributed by atoms with Crippen LogP contribution in [-0.2, 0) is 6.42 Å². The molecule has 166 valence electrons. The van der Waals surface area contributed by atoms with Crippen LogP contribution in [0.15, 0.2) is 72.8 Å². The first-order valence-electron chi connectivity index (χ1n) is 12.1. The third kappa shape index (κ3) is 7.89. The van der Waals surface area contributed by atoms with Crippen molar-refractivity contribution in [3.8, 4) is 5.75 Å². The monoisotopic (exact) mass is 424 g/mol. The Balaban J connectivity index is 1.75. The van der Waals surface area contributed by atoms with Crippen LogP contribution in [0.25, 0.3) is 24.3 Å². The Morgan fingerprint density at radius 1 is 0.594 bits per heavy atom. The number of benzene rings is 3. The van der Waals surface area contributed by atoms with Crippen LogP contribution in [0.2, 0.25) is 0 Å². The van der Waals surface area contributed by atoms with Crippen LogP contribution in [0.3, 0.4) is 0 Å². The van der Waals surface area contributed by atoms with Gasteiger partial charge in [0.2, 0.25) is 0 Å². The molecular formula is C31H36O. The Morgan fingerprint density at radius 2 is 1.06 bits per heavy atom. The molecular weight excluding hydrogens is 388 g/mol. The van der Waals surface area contributed by atoms with E-state index in [9.17, 15) is 5.11 Å². The van der Waals surface area contributed by atoms with E-state index in [0.717, 1.165) is 28.7 Å². The first kappa shape index (κ1) is 23.6. The second kappa shape index (κ2) is 13.4. The molecule has 0 aliphatic rings. The summed E-state index contributed by atoms with van der Waals surface area (Å²) >= 11 is 0. The highest BCUT2D eigenvalue weighted by Gasteiger charge is 2.07. The highest BCUT2D eigenvalue weighted by molar-refractivity contribution is 5.79. The molecule has 0 aliphatic heterocycles. The second-order valence-electron chi connectivity index (χ2n) is 8.48. The summed E-state index contributed by atoms with van der Waals surface area (Å²) in [4.78, 5) is 0. The number of phenolic OH excluding ortho intramolecular Hbond substituents is 1. The fourth-order valence-electron chi connectivity index (χ4n) is 3.93. The molecule has 0 amide bonds. The van der Waals surface area contributed by atoms with Crippen molar-refractivity contribution >= 4 is 24.3 Å². The minimum Gasteiger partial charge on any atom is -0.507 e. The SMILES string of the molecule is CCCCCCCCCc1cc(/C=C/c2ccccc2)c(O)c(/C=C/c2ccccc2)c1. The lowest BCUT2D eigenvalue weighted by Gasteiger charge is -2.10. The minimum atomic E-state index is 0.340. The summed E-state index contributed by atoms with van der Waals surface area (Å²) in [6.45, 7) is 2.26. The topological polar surface area (TPSA) is 20.2 Å². The smallest absolute Gasteiger partial charge is 0.130 e. The molecule has 0 radical (unpaired) electrons. The number of hydrogen-bond acceptors (Lipinski definition) is 1. The molecule has 3 aromatic carbocycles. The van der Waals surface area contributed by atoms with Crippen LogP contribution >= 0.6 is 0 Å². The predicted octanol–water partition coefficient (Wildman–Crippen LogP) is 9.03. The van der Waals surface area contributed by atoms with Crippen LogP contribution in [0.4, 0.5) is 0 Å². The van der Waals surface area contributed by atoms with Crippen LogP contribution in [0, 0.1) is 0 Å². The molecule has 1 N–H and O–H groups in total. The Kier molecular flexibility index (Phi) is 9.86. The van der Waals surface area contributed by atoms with Crippen molar-refractivity contribution in [3.05, 3.63) is 101 Å². The van der Waals surface area contributed by atoms with E-state index >= 15 is 0 Å². The molecule has 0 atom stereocenters. The lowest BCUT2D eigenvalue weighted by atomic mass is 9.98. The van der Waals surface area contributed by atoms with E-state index in [1.165, 1.54) is 50.5 Å². The number of unbranched alkanes of at least 4 members (excludes halogenated alkanes) is 6. The van der Waals surface area contributed by atoms with Gasteiger partial charge in [-0.3, -0.25) is 0 Å². The van der Waals surface area contributed by atoms with Gasteiger partial charge < -0.3 is 5.11 Å². The van der Waals surface area contributed by atoms with E-state index in [4.69, 9.17) is 0 Å². The normalized spacial score (nSPS) is 11.5. The molecule has 0 heterocycles. The first-order chi connectivity index (χ1) is 15.8. The molecule has 1 heteroatoms. The molecule has 0 fully saturated rings. The molecule has 0 aromatic heterocycles. The summed E-state index contributed by atoms with van der Waals surface area (Å²) in [5.74, 6) is 0.340. The maximum Gasteiger partial charge on any atom is 0.130 e. The standard InChI is InChI=1S/C31H36O/c1-2-3-4-5-6-7-10-19-28-24-29(22-20-26-15-11-8-12-16-26)31(32)30(25-28)23-21-27-17-13-9-14-18-27/h8-9,11-18,20-25,32H,2-7,10,19H2,1H3/b22-20+,23-21+. The maximum absolute atomic E-state index is 11.0. The van der Waals surface area contributed by atoms with Gasteiger partial charge >= 0.3 is 0 Å². The molecule has 3 aromatic rings. The van der Waals surface area contributed by atoms with E-state index in [1.807, 2.05) is 48.6 Å². The van der Waals surface area contributed by atoms with Crippen molar-refractivity contribution < 1.29 is 5.11 Å². The third-order valence-corrected chi connectivity index (χ3v) is 5.81. The Bertz CT molecular complexity index is 913. The Hall–Kier alpha value is -3.06. The molecule has 0 saturated heterocycles. The van der Waals surface area contributed by atoms with E-state index in [0.29, 0.717) is 5.75 Å². The van der Waals surface area contributed by atoms with Crippen LogP contribution in [-0.4, -0.2) is 5.11 Å². The number of aryl methyl sites for hydroxylation is 1. The van der Waals surface area contributed by atoms with Crippen molar-refractivity contribution in [1.82, 2.24) is 0 Å². The fourth-order valence-corrected chi connectivity index (χ4v) is 3.93. The predicted molar refractivity (Wildman–Crippen MR) is 141 cm³/mol. The van der Waals surface area contributed by atoms with Gasteiger partial charge in [-0.2, -0.15) is 0 Å². The van der Waals surface area contributed by atoms with Gasteiger partial charge in [-0.05, 0) is 41.7 Å². The van der Waals surface area contributed by atoms with Gasteiger partial charge in [0, 0.05) is 11.1 Å². The van der Waals surface area contributed by atoms with Crippen LogP contribution in [0.1, 0.15) is 79.7 Å². The van der Waals surface area contributed by atoms with Gasteiger partial charge in [0.25, 0.3) is 0 Å². The van der Waals surface area contributed by atoms with Crippen molar-refractivity contribution in [2.75, 3.05) is 0 Å². The van der Waals surface area contributed by atoms with Crippen molar-refractivity contribution in [2.24, 2.45) is 0 Å². The zero-order chi connectivity index (χ0) is 22.4.